The third kappa shape index (κ3) is 28.5. The summed E-state index contributed by atoms with van der Waals surface area (Å²) in [6.45, 7) is 15.2. The van der Waals surface area contributed by atoms with Gasteiger partial charge in [0.25, 0.3) is 23.6 Å². The Morgan fingerprint density at radius 2 is 0.892 bits per heavy atom. The second-order valence-electron chi connectivity index (χ2n) is 25.4. The largest absolute Gasteiger partial charge is 0.494 e. The summed E-state index contributed by atoms with van der Waals surface area (Å²) in [5, 5.41) is 56.7. The smallest absolute Gasteiger partial charge is 0.276 e. The van der Waals surface area contributed by atoms with Crippen LogP contribution in [0.4, 0.5) is 11.9 Å². The predicted molar refractivity (Wildman–Crippen MR) is 398 cm³/mol. The zero-order valence-corrected chi connectivity index (χ0v) is 63.0. The van der Waals surface area contributed by atoms with Crippen LogP contribution in [0.15, 0.2) is 60.7 Å². The quantitative estimate of drug-likeness (QED) is 0.0121. The van der Waals surface area contributed by atoms with Crippen LogP contribution < -0.4 is 36.9 Å². The standard InChI is InChI=1S/C72H104N16O23/c1-50-39-58(87(80-50)45-54(91)48-89)69(98)78-71-76-56-41-52(67(73)96)43-60(100-3)65(56)84(71)11-4-5-12-85-66-57(77-72(85)79-70(99)59-40-51(2)81-88(59)46-55(92)49-90)42-53(68(74)97)44-61(66)111-18-6-10-82-13-15-83(16-14-82)17-20-102-22-24-104-26-28-106-30-32-108-34-36-110-38-37-109-35-33-107-31-29-105-27-25-103-23-21-101-19-9-75-62(93)47-86-63(94)7-8-64(86)95/h4-5,7-8,39-44,54-55,89-92H,6,9-38,45-49H2,1-3H3,(H2,73,96)(H2,74,97)(H,75,93)(H,76,78,98)(H,77,79,99)/b5-4+. The number of carbonyl (C=O) groups is 7. The molecule has 0 bridgehead atoms. The van der Waals surface area contributed by atoms with Gasteiger partial charge in [0.2, 0.25) is 29.6 Å². The number of carbonyl (C=O) groups excluding carboxylic acids is 7. The summed E-state index contributed by atoms with van der Waals surface area (Å²) in [6.07, 6.45) is 3.98. The Kier molecular flexibility index (Phi) is 37.1. The zero-order chi connectivity index (χ0) is 79.3. The first kappa shape index (κ1) is 87.3. The molecule has 6 aromatic rings. The van der Waals surface area contributed by atoms with Crippen molar-refractivity contribution in [2.75, 3.05) is 222 Å². The van der Waals surface area contributed by atoms with E-state index in [1.165, 1.54) is 52.9 Å². The Labute approximate surface area is 640 Å². The van der Waals surface area contributed by atoms with E-state index in [1.54, 1.807) is 35.1 Å². The fourth-order valence-corrected chi connectivity index (χ4v) is 11.5. The minimum Gasteiger partial charge on any atom is -0.494 e. The van der Waals surface area contributed by atoms with Crippen molar-refractivity contribution in [3.05, 3.63) is 94.6 Å². The summed E-state index contributed by atoms with van der Waals surface area (Å²) < 4.78 is 73.8. The molecule has 6 heterocycles. The molecule has 1 saturated heterocycles. The number of amides is 7. The van der Waals surface area contributed by atoms with Crippen LogP contribution in [-0.4, -0.2) is 339 Å². The number of rotatable bonds is 57. The van der Waals surface area contributed by atoms with E-state index in [2.05, 4.69) is 40.9 Å². The van der Waals surface area contributed by atoms with Gasteiger partial charge >= 0.3 is 0 Å². The monoisotopic (exact) mass is 1560 g/mol. The van der Waals surface area contributed by atoms with Crippen LogP contribution in [0.1, 0.15) is 59.5 Å². The fraction of sp³-hybridized carbons (Fsp3) is 0.569. The summed E-state index contributed by atoms with van der Waals surface area (Å²) in [5.74, 6) is -3.69. The van der Waals surface area contributed by atoms with Crippen molar-refractivity contribution in [3.8, 4) is 11.5 Å². The van der Waals surface area contributed by atoms with E-state index in [0.29, 0.717) is 161 Å². The molecule has 4 aromatic heterocycles. The first-order valence-corrected chi connectivity index (χ1v) is 36.7. The number of imide groups is 1. The molecule has 0 saturated carbocycles. The number of allylic oxidation sites excluding steroid dienone is 2. The number of nitrogens with two attached hydrogens (primary N) is 2. The number of hydrogen-bond acceptors (Lipinski definition) is 29. The number of aromatic nitrogens is 8. The van der Waals surface area contributed by atoms with Crippen LogP contribution in [0.5, 0.6) is 11.5 Å². The Hall–Kier alpha value is -9.27. The highest BCUT2D eigenvalue weighted by molar-refractivity contribution is 6.14. The number of aryl methyl sites for hydroxylation is 2. The highest BCUT2D eigenvalue weighted by atomic mass is 16.6. The van der Waals surface area contributed by atoms with Gasteiger partial charge in [0.05, 0.1) is 207 Å². The van der Waals surface area contributed by atoms with Crippen LogP contribution in [0.2, 0.25) is 0 Å². The number of nitrogens with zero attached hydrogens (tertiary/aromatic N) is 11. The molecule has 2 aromatic carbocycles. The number of imidazole rings is 2. The lowest BCUT2D eigenvalue weighted by Gasteiger charge is -2.34. The number of hydrogen-bond donors (Lipinski definition) is 9. The lowest BCUT2D eigenvalue weighted by molar-refractivity contribution is -0.141. The first-order chi connectivity index (χ1) is 53.8. The molecule has 1 fully saturated rings. The zero-order valence-electron chi connectivity index (χ0n) is 63.0. The molecule has 0 radical (unpaired) electrons. The maximum atomic E-state index is 14.2. The van der Waals surface area contributed by atoms with Crippen molar-refractivity contribution in [1.82, 2.24) is 58.7 Å². The van der Waals surface area contributed by atoms with Crippen molar-refractivity contribution in [2.45, 2.75) is 58.7 Å². The van der Waals surface area contributed by atoms with Crippen LogP contribution in [-0.2, 0) is 87.9 Å². The Balaban J connectivity index is 0.695. The Morgan fingerprint density at radius 1 is 0.514 bits per heavy atom. The number of fused-ring (bicyclic) bond motifs is 2. The molecule has 2 unspecified atom stereocenters. The van der Waals surface area contributed by atoms with Crippen LogP contribution in [0.25, 0.3) is 22.1 Å². The van der Waals surface area contributed by atoms with E-state index in [-0.39, 0.29) is 109 Å². The highest BCUT2D eigenvalue weighted by Crippen LogP contribution is 2.34. The number of methoxy groups -OCH3 is 1. The number of aliphatic hydroxyl groups is 4. The SMILES string of the molecule is COc1cc(C(N)=O)cc2nc(NC(=O)c3cc(C)nn3CC(O)CO)n(C/C=C/Cn3c(NC(=O)c4cc(C)nn4CC(O)CO)nc4cc(C(N)=O)cc(OCCCN5CCN(CCOCCOCCOCCOCCOCCOCCOCCOCCOCCOCCNC(=O)CN6C(=O)C=CC6=O)CC5)c43)c12. The molecule has 2 aliphatic rings. The van der Waals surface area contributed by atoms with Gasteiger partial charge in [-0.15, -0.1) is 0 Å². The minimum atomic E-state index is -1.21. The van der Waals surface area contributed by atoms with Gasteiger partial charge in [-0.2, -0.15) is 10.2 Å². The normalized spacial score (nSPS) is 14.1. The topological polar surface area (TPSA) is 480 Å². The number of aliphatic hydroxyl groups excluding tert-OH is 4. The van der Waals surface area contributed by atoms with E-state index < -0.39 is 66.8 Å². The Bertz CT molecular complexity index is 4000. The van der Waals surface area contributed by atoms with Crippen LogP contribution in [0, 0.1) is 13.8 Å². The summed E-state index contributed by atoms with van der Waals surface area (Å²) in [7, 11) is 1.41. The van der Waals surface area contributed by atoms with Crippen molar-refractivity contribution < 1.29 is 111 Å². The van der Waals surface area contributed by atoms with Crippen molar-refractivity contribution in [3.63, 3.8) is 0 Å². The lowest BCUT2D eigenvalue weighted by Crippen LogP contribution is -2.47. The first-order valence-electron chi connectivity index (χ1n) is 36.7. The summed E-state index contributed by atoms with van der Waals surface area (Å²) in [4.78, 5) is 104. The number of nitrogens with one attached hydrogen (secondary N) is 3. The highest BCUT2D eigenvalue weighted by Gasteiger charge is 2.28. The van der Waals surface area contributed by atoms with Crippen molar-refractivity contribution >= 4 is 75.3 Å². The molecule has 11 N–H and O–H groups in total. The molecular weight excluding hydrogens is 1460 g/mol. The second-order valence-corrected chi connectivity index (χ2v) is 25.4. The third-order valence-electron chi connectivity index (χ3n) is 17.1. The number of piperazine rings is 1. The number of primary amides is 2. The molecule has 39 nitrogen and oxygen atoms in total. The maximum absolute atomic E-state index is 14.2. The Morgan fingerprint density at radius 3 is 1.29 bits per heavy atom. The lowest BCUT2D eigenvalue weighted by atomic mass is 10.1. The van der Waals surface area contributed by atoms with Gasteiger partial charge in [0, 0.05) is 82.2 Å². The van der Waals surface area contributed by atoms with E-state index in [4.69, 9.17) is 73.3 Å². The number of ether oxygens (including phenoxy) is 12. The number of anilines is 2. The maximum Gasteiger partial charge on any atom is 0.276 e. The van der Waals surface area contributed by atoms with Gasteiger partial charge in [-0.05, 0) is 56.7 Å². The molecule has 2 atom stereocenters. The molecule has 2 aliphatic heterocycles. The van der Waals surface area contributed by atoms with E-state index >= 15 is 0 Å². The van der Waals surface area contributed by atoms with E-state index in [0.717, 1.165) is 49.8 Å². The van der Waals surface area contributed by atoms with Gasteiger partial charge < -0.3 is 108 Å². The van der Waals surface area contributed by atoms with Gasteiger partial charge in [0.1, 0.15) is 40.5 Å². The van der Waals surface area contributed by atoms with Crippen molar-refractivity contribution in [1.29, 1.82) is 0 Å². The van der Waals surface area contributed by atoms with Gasteiger partial charge in [0.15, 0.2) is 0 Å². The van der Waals surface area contributed by atoms with Crippen LogP contribution in [0.3, 0.4) is 0 Å². The van der Waals surface area contributed by atoms with Gasteiger partial charge in [-0.3, -0.25) is 63.4 Å². The van der Waals surface area contributed by atoms with E-state index in [9.17, 15) is 54.0 Å². The van der Waals surface area contributed by atoms with Crippen molar-refractivity contribution in [2.24, 2.45) is 11.5 Å². The predicted octanol–water partition coefficient (Wildman–Crippen LogP) is -1.34. The summed E-state index contributed by atoms with van der Waals surface area (Å²) in [5.41, 5.74) is 14.2. The molecule has 7 amide bonds. The average molecular weight is 1560 g/mol. The van der Waals surface area contributed by atoms with Crippen LogP contribution >= 0.6 is 0 Å². The fourth-order valence-electron chi connectivity index (χ4n) is 11.5. The summed E-state index contributed by atoms with van der Waals surface area (Å²) in [6, 6.07) is 8.99. The second kappa shape index (κ2) is 47.2. The number of benzene rings is 2. The molecule has 0 aliphatic carbocycles. The van der Waals surface area contributed by atoms with Gasteiger partial charge in [-0.1, -0.05) is 12.2 Å². The molecular formula is C72H104N16O23. The minimum absolute atomic E-state index is 0.0205. The third-order valence-corrected chi connectivity index (χ3v) is 17.1. The van der Waals surface area contributed by atoms with E-state index in [1.807, 2.05) is 0 Å². The molecule has 8 rings (SSSR count). The average Bonchev–Trinajstić information content (AvgIpc) is 1.62. The molecule has 39 heteroatoms. The molecule has 610 valence electrons. The molecule has 0 spiro atoms. The molecule has 111 heavy (non-hydrogen) atoms. The summed E-state index contributed by atoms with van der Waals surface area (Å²) >= 11 is 0. The van der Waals surface area contributed by atoms with Gasteiger partial charge in [-0.25, -0.2) is 9.97 Å².